The number of para-hydroxylation sites is 1. The monoisotopic (exact) mass is 390 g/mol. The minimum atomic E-state index is -3.05. The molecule has 2 aromatic rings. The van der Waals surface area contributed by atoms with Crippen LogP contribution in [-0.2, 0) is 21.2 Å². The molecule has 3 heterocycles. The molecule has 4 rings (SSSR count). The summed E-state index contributed by atoms with van der Waals surface area (Å²) in [6, 6.07) is 10.7. The number of fused-ring (bicyclic) bond motifs is 1. The average Bonchev–Trinajstić information content (AvgIpc) is 3.31. The molecule has 1 saturated heterocycles. The molecule has 1 fully saturated rings. The molecule has 2 aliphatic rings. The number of thiophene rings is 1. The van der Waals surface area contributed by atoms with Gasteiger partial charge in [-0.15, -0.1) is 11.3 Å². The zero-order valence-corrected chi connectivity index (χ0v) is 15.6. The Bertz CT molecular complexity index is 953. The van der Waals surface area contributed by atoms with Crippen molar-refractivity contribution in [2.75, 3.05) is 23.1 Å². The molecular formula is C18H18N2O4S2. The van der Waals surface area contributed by atoms with E-state index in [1.807, 2.05) is 22.4 Å². The highest BCUT2D eigenvalue weighted by Gasteiger charge is 2.39. The second-order valence-corrected chi connectivity index (χ2v) is 9.86. The van der Waals surface area contributed by atoms with Crippen LogP contribution in [0.1, 0.15) is 21.7 Å². The Hall–Kier alpha value is -2.03. The van der Waals surface area contributed by atoms with Gasteiger partial charge in [-0.3, -0.25) is 19.4 Å². The predicted molar refractivity (Wildman–Crippen MR) is 100 cm³/mol. The van der Waals surface area contributed by atoms with Crippen molar-refractivity contribution in [1.82, 2.24) is 4.90 Å². The van der Waals surface area contributed by atoms with E-state index in [1.54, 1.807) is 35.6 Å². The zero-order valence-electron chi connectivity index (χ0n) is 14.0. The van der Waals surface area contributed by atoms with E-state index in [1.165, 1.54) is 4.90 Å². The molecule has 26 heavy (non-hydrogen) atoms. The molecule has 136 valence electrons. The number of nitrogens with zero attached hydrogens (tertiary/aromatic N) is 2. The van der Waals surface area contributed by atoms with Gasteiger partial charge in [-0.2, -0.15) is 0 Å². The summed E-state index contributed by atoms with van der Waals surface area (Å²) in [4.78, 5) is 29.3. The lowest BCUT2D eigenvalue weighted by molar-refractivity contribution is -0.114. The first-order valence-corrected chi connectivity index (χ1v) is 11.1. The highest BCUT2D eigenvalue weighted by atomic mass is 32.2. The van der Waals surface area contributed by atoms with Crippen molar-refractivity contribution in [1.29, 1.82) is 0 Å². The summed E-state index contributed by atoms with van der Waals surface area (Å²) >= 11 is 1.59. The van der Waals surface area contributed by atoms with Gasteiger partial charge >= 0.3 is 5.91 Å². The Labute approximate surface area is 156 Å². The van der Waals surface area contributed by atoms with E-state index < -0.39 is 21.5 Å². The molecule has 0 unspecified atom stereocenters. The fourth-order valence-corrected chi connectivity index (χ4v) is 6.02. The van der Waals surface area contributed by atoms with Gasteiger partial charge < -0.3 is 0 Å². The van der Waals surface area contributed by atoms with Gasteiger partial charge in [0.25, 0.3) is 5.78 Å². The highest BCUT2D eigenvalue weighted by Crippen LogP contribution is 2.30. The van der Waals surface area contributed by atoms with E-state index in [2.05, 4.69) is 0 Å². The van der Waals surface area contributed by atoms with Crippen LogP contribution in [0.5, 0.6) is 0 Å². The van der Waals surface area contributed by atoms with E-state index in [9.17, 15) is 18.0 Å². The topological polar surface area (TPSA) is 74.8 Å². The lowest BCUT2D eigenvalue weighted by Gasteiger charge is -2.31. The second kappa shape index (κ2) is 6.61. The van der Waals surface area contributed by atoms with Crippen LogP contribution < -0.4 is 4.90 Å². The third-order valence-corrected chi connectivity index (χ3v) is 7.48. The molecule has 0 spiro atoms. The van der Waals surface area contributed by atoms with Crippen LogP contribution in [0.4, 0.5) is 5.69 Å². The zero-order chi connectivity index (χ0) is 18.3. The summed E-state index contributed by atoms with van der Waals surface area (Å²) in [5.41, 5.74) is 1.01. The Morgan fingerprint density at radius 2 is 1.96 bits per heavy atom. The summed E-state index contributed by atoms with van der Waals surface area (Å²) in [5.74, 6) is -0.795. The Kier molecular flexibility index (Phi) is 4.42. The molecule has 8 heteroatoms. The summed E-state index contributed by atoms with van der Waals surface area (Å²) in [7, 11) is -3.05. The van der Waals surface area contributed by atoms with Gasteiger partial charge in [0, 0.05) is 17.5 Å². The fourth-order valence-electron chi connectivity index (χ4n) is 3.53. The van der Waals surface area contributed by atoms with Crippen LogP contribution in [0.25, 0.3) is 0 Å². The van der Waals surface area contributed by atoms with Gasteiger partial charge in [0.2, 0.25) is 0 Å². The standard InChI is InChI=1S/C18H18N2O4S2/c21-17-15-5-1-2-6-16(15)20(18(17)22)12-19(10-14-4-3-8-25-14)13-7-9-26(23,24)11-13/h1-6,8,13H,7,9-12H2/t13-/m0/s1. The molecule has 6 nitrogen and oxygen atoms in total. The van der Waals surface area contributed by atoms with Gasteiger partial charge in [0.05, 0.1) is 29.4 Å². The van der Waals surface area contributed by atoms with E-state index in [-0.39, 0.29) is 24.2 Å². The molecule has 0 bridgehead atoms. The lowest BCUT2D eigenvalue weighted by Crippen LogP contribution is -2.45. The van der Waals surface area contributed by atoms with E-state index >= 15 is 0 Å². The SMILES string of the molecule is O=C1C(=O)N(CN(Cc2cccs2)[C@H]2CCS(=O)(=O)C2)c2ccccc21. The highest BCUT2D eigenvalue weighted by molar-refractivity contribution is 7.91. The number of anilines is 1. The Morgan fingerprint density at radius 1 is 1.15 bits per heavy atom. The van der Waals surface area contributed by atoms with Gasteiger partial charge in [-0.1, -0.05) is 18.2 Å². The molecule has 0 N–H and O–H groups in total. The molecule has 0 radical (unpaired) electrons. The number of carbonyl (C=O) groups is 2. The molecule has 0 saturated carbocycles. The number of benzene rings is 1. The van der Waals surface area contributed by atoms with Gasteiger partial charge in [0.1, 0.15) is 0 Å². The second-order valence-electron chi connectivity index (χ2n) is 6.60. The van der Waals surface area contributed by atoms with Crippen LogP contribution in [0.15, 0.2) is 41.8 Å². The van der Waals surface area contributed by atoms with Crippen molar-refractivity contribution in [3.63, 3.8) is 0 Å². The smallest absolute Gasteiger partial charge is 0.291 e. The maximum Gasteiger partial charge on any atom is 0.300 e. The summed E-state index contributed by atoms with van der Waals surface area (Å²) in [5, 5.41) is 1.97. The molecule has 1 amide bonds. The van der Waals surface area contributed by atoms with Crippen molar-refractivity contribution in [2.24, 2.45) is 0 Å². The maximum absolute atomic E-state index is 12.5. The van der Waals surface area contributed by atoms with Crippen LogP contribution in [0.3, 0.4) is 0 Å². The van der Waals surface area contributed by atoms with Crippen molar-refractivity contribution >= 4 is 38.6 Å². The Morgan fingerprint density at radius 3 is 2.65 bits per heavy atom. The number of sulfone groups is 1. The molecule has 1 aromatic heterocycles. The summed E-state index contributed by atoms with van der Waals surface area (Å²) in [6.45, 7) is 0.762. The molecular weight excluding hydrogens is 372 g/mol. The first-order chi connectivity index (χ1) is 12.4. The molecule has 1 aromatic carbocycles. The van der Waals surface area contributed by atoms with Crippen LogP contribution in [-0.4, -0.2) is 49.2 Å². The number of hydrogen-bond acceptors (Lipinski definition) is 6. The van der Waals surface area contributed by atoms with Crippen molar-refractivity contribution in [2.45, 2.75) is 19.0 Å². The van der Waals surface area contributed by atoms with Crippen LogP contribution in [0.2, 0.25) is 0 Å². The Balaban J connectivity index is 1.62. The first-order valence-electron chi connectivity index (χ1n) is 8.37. The number of ketones is 1. The molecule has 0 aliphatic carbocycles. The largest absolute Gasteiger partial charge is 0.300 e. The quantitative estimate of drug-likeness (QED) is 0.729. The molecule has 2 aliphatic heterocycles. The van der Waals surface area contributed by atoms with E-state index in [0.717, 1.165) is 4.88 Å². The van der Waals surface area contributed by atoms with Crippen molar-refractivity contribution in [3.05, 3.63) is 52.2 Å². The number of carbonyl (C=O) groups excluding carboxylic acids is 2. The number of hydrogen-bond donors (Lipinski definition) is 0. The van der Waals surface area contributed by atoms with Gasteiger partial charge in [-0.25, -0.2) is 8.42 Å². The van der Waals surface area contributed by atoms with E-state index in [4.69, 9.17) is 0 Å². The van der Waals surface area contributed by atoms with Crippen LogP contribution >= 0.6 is 11.3 Å². The first kappa shape index (κ1) is 17.4. The maximum atomic E-state index is 12.5. The number of amides is 1. The normalized spacial score (nSPS) is 21.6. The summed E-state index contributed by atoms with van der Waals surface area (Å²) in [6.07, 6.45) is 0.547. The van der Waals surface area contributed by atoms with E-state index in [0.29, 0.717) is 24.2 Å². The van der Waals surface area contributed by atoms with Crippen molar-refractivity contribution < 1.29 is 18.0 Å². The number of rotatable bonds is 5. The van der Waals surface area contributed by atoms with Crippen LogP contribution in [0, 0.1) is 0 Å². The third-order valence-electron chi connectivity index (χ3n) is 4.87. The number of Topliss-reactive ketones (excluding diaryl/α,β-unsaturated/α-hetero) is 1. The third kappa shape index (κ3) is 3.20. The lowest BCUT2D eigenvalue weighted by atomic mass is 10.1. The minimum absolute atomic E-state index is 0.0933. The van der Waals surface area contributed by atoms with Gasteiger partial charge in [0.15, 0.2) is 9.84 Å². The van der Waals surface area contributed by atoms with Gasteiger partial charge in [-0.05, 0) is 30.0 Å². The average molecular weight is 390 g/mol. The predicted octanol–water partition coefficient (Wildman–Crippen LogP) is 1.92. The summed E-state index contributed by atoms with van der Waals surface area (Å²) < 4.78 is 23.9. The molecule has 1 atom stereocenters. The minimum Gasteiger partial charge on any atom is -0.291 e. The van der Waals surface area contributed by atoms with Crippen molar-refractivity contribution in [3.8, 4) is 0 Å². The fraction of sp³-hybridized carbons (Fsp3) is 0.333.